The maximum atomic E-state index is 5.39. The Morgan fingerprint density at radius 1 is 1.25 bits per heavy atom. The fourth-order valence-corrected chi connectivity index (χ4v) is 2.88. The quantitative estimate of drug-likeness (QED) is 0.767. The van der Waals surface area contributed by atoms with Crippen LogP contribution in [0.25, 0.3) is 22.3 Å². The van der Waals surface area contributed by atoms with Crippen molar-refractivity contribution in [3.8, 4) is 17.4 Å². The molecule has 1 saturated heterocycles. The molecule has 3 aromatic heterocycles. The number of pyridine rings is 1. The largest absolute Gasteiger partial charge is 0.467 e. The van der Waals surface area contributed by atoms with E-state index in [2.05, 4.69) is 25.3 Å². The van der Waals surface area contributed by atoms with Gasteiger partial charge in [0.2, 0.25) is 0 Å². The Hall–Kier alpha value is -2.67. The molecule has 1 aliphatic rings. The zero-order valence-corrected chi connectivity index (χ0v) is 13.5. The highest BCUT2D eigenvalue weighted by atomic mass is 16.5. The Bertz CT molecular complexity index is 842. The van der Waals surface area contributed by atoms with Crippen LogP contribution in [-0.2, 0) is 4.74 Å². The Morgan fingerprint density at radius 2 is 2.12 bits per heavy atom. The molecule has 1 aliphatic heterocycles. The smallest absolute Gasteiger partial charge is 0.316 e. The van der Waals surface area contributed by atoms with Gasteiger partial charge in [-0.3, -0.25) is 0 Å². The van der Waals surface area contributed by atoms with Crippen LogP contribution in [0.5, 0.6) is 6.01 Å². The van der Waals surface area contributed by atoms with Crippen LogP contribution in [0.4, 0.5) is 5.82 Å². The van der Waals surface area contributed by atoms with E-state index >= 15 is 0 Å². The van der Waals surface area contributed by atoms with Crippen LogP contribution in [0.1, 0.15) is 12.8 Å². The van der Waals surface area contributed by atoms with E-state index in [1.165, 1.54) is 0 Å². The number of anilines is 1. The summed E-state index contributed by atoms with van der Waals surface area (Å²) in [6, 6.07) is 6.69. The average Bonchev–Trinajstić information content (AvgIpc) is 3.06. The van der Waals surface area contributed by atoms with Gasteiger partial charge in [0.1, 0.15) is 5.82 Å². The van der Waals surface area contributed by atoms with E-state index in [1.54, 1.807) is 13.3 Å². The van der Waals surface area contributed by atoms with Gasteiger partial charge in [-0.05, 0) is 25.0 Å². The van der Waals surface area contributed by atoms with E-state index in [0.29, 0.717) is 12.1 Å². The number of H-pyrrole nitrogens is 1. The Balaban J connectivity index is 1.60. The number of ether oxygens (including phenoxy) is 2. The normalized spacial score (nSPS) is 15.5. The summed E-state index contributed by atoms with van der Waals surface area (Å²) in [4.78, 5) is 16.3. The van der Waals surface area contributed by atoms with Gasteiger partial charge in [-0.1, -0.05) is 0 Å². The van der Waals surface area contributed by atoms with Crippen molar-refractivity contribution >= 4 is 16.7 Å². The maximum absolute atomic E-state index is 5.39. The van der Waals surface area contributed by atoms with E-state index in [-0.39, 0.29) is 0 Å². The number of nitrogens with one attached hydrogen (secondary N) is 2. The van der Waals surface area contributed by atoms with Crippen molar-refractivity contribution in [3.63, 3.8) is 0 Å². The summed E-state index contributed by atoms with van der Waals surface area (Å²) in [5.74, 6) is 0.878. The van der Waals surface area contributed by atoms with Crippen LogP contribution in [0.15, 0.2) is 30.6 Å². The monoisotopic (exact) mass is 325 g/mol. The molecule has 0 aromatic carbocycles. The Labute approximate surface area is 139 Å². The minimum Gasteiger partial charge on any atom is -0.467 e. The number of fused-ring (bicyclic) bond motifs is 1. The van der Waals surface area contributed by atoms with Gasteiger partial charge < -0.3 is 19.8 Å². The number of hydrogen-bond acceptors (Lipinski definition) is 6. The van der Waals surface area contributed by atoms with Crippen LogP contribution >= 0.6 is 0 Å². The standard InChI is InChI=1S/C17H19N5O2/c1-23-17-18-5-2-13(22-17)15-8-11-10-19-16(9-14(11)21-15)20-12-3-6-24-7-4-12/h2,5,8-10,12,21H,3-4,6-7H2,1H3,(H,19,20). The zero-order chi connectivity index (χ0) is 16.4. The second-order valence-electron chi connectivity index (χ2n) is 5.80. The molecule has 2 N–H and O–H groups in total. The van der Waals surface area contributed by atoms with Gasteiger partial charge in [0.25, 0.3) is 0 Å². The number of methoxy groups -OCH3 is 1. The van der Waals surface area contributed by atoms with E-state index in [1.807, 2.05) is 24.4 Å². The van der Waals surface area contributed by atoms with Crippen molar-refractivity contribution in [2.24, 2.45) is 0 Å². The van der Waals surface area contributed by atoms with Crippen molar-refractivity contribution in [2.45, 2.75) is 18.9 Å². The predicted molar refractivity (Wildman–Crippen MR) is 91.1 cm³/mol. The molecule has 7 nitrogen and oxygen atoms in total. The molecular formula is C17H19N5O2. The first-order valence-corrected chi connectivity index (χ1v) is 8.02. The van der Waals surface area contributed by atoms with E-state index < -0.39 is 0 Å². The number of nitrogens with zero attached hydrogens (tertiary/aromatic N) is 3. The van der Waals surface area contributed by atoms with Crippen molar-refractivity contribution < 1.29 is 9.47 Å². The van der Waals surface area contributed by atoms with Gasteiger partial charge in [0.15, 0.2) is 0 Å². The summed E-state index contributed by atoms with van der Waals surface area (Å²) < 4.78 is 10.5. The van der Waals surface area contributed by atoms with Crippen molar-refractivity contribution in [2.75, 3.05) is 25.6 Å². The molecule has 0 aliphatic carbocycles. The van der Waals surface area contributed by atoms with Gasteiger partial charge in [-0.25, -0.2) is 9.97 Å². The minimum atomic E-state index is 0.353. The molecule has 0 saturated carbocycles. The molecule has 0 amide bonds. The molecule has 7 heteroatoms. The molecule has 3 aromatic rings. The van der Waals surface area contributed by atoms with Crippen LogP contribution in [-0.4, -0.2) is 46.3 Å². The lowest BCUT2D eigenvalue weighted by Crippen LogP contribution is -2.28. The van der Waals surface area contributed by atoms with Crippen LogP contribution in [0.2, 0.25) is 0 Å². The summed E-state index contributed by atoms with van der Waals surface area (Å²) >= 11 is 0. The third-order valence-electron chi connectivity index (χ3n) is 4.17. The lowest BCUT2D eigenvalue weighted by atomic mass is 10.1. The fourth-order valence-electron chi connectivity index (χ4n) is 2.88. The molecule has 0 radical (unpaired) electrons. The summed E-state index contributed by atoms with van der Waals surface area (Å²) in [5, 5.41) is 4.53. The third-order valence-corrected chi connectivity index (χ3v) is 4.17. The summed E-state index contributed by atoms with van der Waals surface area (Å²) in [7, 11) is 1.56. The molecule has 0 spiro atoms. The van der Waals surface area contributed by atoms with Gasteiger partial charge in [-0.2, -0.15) is 4.98 Å². The minimum absolute atomic E-state index is 0.353. The Kier molecular flexibility index (Phi) is 4.00. The van der Waals surface area contributed by atoms with Gasteiger partial charge >= 0.3 is 6.01 Å². The first-order valence-electron chi connectivity index (χ1n) is 8.02. The zero-order valence-electron chi connectivity index (χ0n) is 13.5. The molecule has 0 bridgehead atoms. The van der Waals surface area contributed by atoms with Crippen molar-refractivity contribution in [1.82, 2.24) is 19.9 Å². The topological polar surface area (TPSA) is 85.0 Å². The van der Waals surface area contributed by atoms with Gasteiger partial charge in [0.05, 0.1) is 24.0 Å². The van der Waals surface area contributed by atoms with Crippen LogP contribution < -0.4 is 10.1 Å². The molecule has 24 heavy (non-hydrogen) atoms. The van der Waals surface area contributed by atoms with E-state index in [9.17, 15) is 0 Å². The summed E-state index contributed by atoms with van der Waals surface area (Å²) in [6.07, 6.45) is 5.57. The molecule has 124 valence electrons. The average molecular weight is 325 g/mol. The third kappa shape index (κ3) is 3.03. The summed E-state index contributed by atoms with van der Waals surface area (Å²) in [6.45, 7) is 1.62. The van der Waals surface area contributed by atoms with Crippen molar-refractivity contribution in [1.29, 1.82) is 0 Å². The molecular weight excluding hydrogens is 306 g/mol. The number of rotatable bonds is 4. The lowest BCUT2D eigenvalue weighted by Gasteiger charge is -2.23. The van der Waals surface area contributed by atoms with Gasteiger partial charge in [0, 0.05) is 43.1 Å². The molecule has 0 unspecified atom stereocenters. The summed E-state index contributed by atoms with van der Waals surface area (Å²) in [5.41, 5.74) is 2.72. The van der Waals surface area contributed by atoms with Crippen molar-refractivity contribution in [3.05, 3.63) is 30.6 Å². The second-order valence-corrected chi connectivity index (χ2v) is 5.80. The molecule has 0 atom stereocenters. The SMILES string of the molecule is COc1nccc(-c2cc3cnc(NC4CCOCC4)cc3[nH]2)n1. The highest BCUT2D eigenvalue weighted by molar-refractivity contribution is 5.86. The van der Waals surface area contributed by atoms with Crippen LogP contribution in [0.3, 0.4) is 0 Å². The highest BCUT2D eigenvalue weighted by Crippen LogP contribution is 2.25. The Morgan fingerprint density at radius 3 is 2.96 bits per heavy atom. The van der Waals surface area contributed by atoms with E-state index in [0.717, 1.165) is 54.2 Å². The lowest BCUT2D eigenvalue weighted by molar-refractivity contribution is 0.0904. The number of hydrogen-bond donors (Lipinski definition) is 2. The molecule has 1 fully saturated rings. The maximum Gasteiger partial charge on any atom is 0.316 e. The second kappa shape index (κ2) is 6.45. The van der Waals surface area contributed by atoms with E-state index in [4.69, 9.17) is 9.47 Å². The first kappa shape index (κ1) is 14.9. The first-order chi connectivity index (χ1) is 11.8. The highest BCUT2D eigenvalue weighted by Gasteiger charge is 2.14. The number of aromatic nitrogens is 4. The van der Waals surface area contributed by atoms with Gasteiger partial charge in [-0.15, -0.1) is 0 Å². The molecule has 4 heterocycles. The number of aromatic amines is 1. The predicted octanol–water partition coefficient (Wildman–Crippen LogP) is 2.62. The van der Waals surface area contributed by atoms with Crippen LogP contribution in [0, 0.1) is 0 Å². The fraction of sp³-hybridized carbons (Fsp3) is 0.353. The molecule has 4 rings (SSSR count).